The lowest BCUT2D eigenvalue weighted by molar-refractivity contribution is -0.136. The summed E-state index contributed by atoms with van der Waals surface area (Å²) in [5, 5.41) is 0.678. The Kier molecular flexibility index (Phi) is 6.28. The first-order valence-corrected chi connectivity index (χ1v) is 12.6. The van der Waals surface area contributed by atoms with Crippen molar-refractivity contribution in [1.82, 2.24) is 9.13 Å². The summed E-state index contributed by atoms with van der Waals surface area (Å²) in [6.45, 7) is 5.83. The third-order valence-electron chi connectivity index (χ3n) is 6.38. The molecule has 6 nitrogen and oxygen atoms in total. The number of allylic oxidation sites excluding steroid dienone is 1. The van der Waals surface area contributed by atoms with E-state index in [0.717, 1.165) is 28.2 Å². The number of fused-ring (bicyclic) bond motifs is 1. The molecule has 1 aliphatic rings. The fourth-order valence-electron chi connectivity index (χ4n) is 4.71. The summed E-state index contributed by atoms with van der Waals surface area (Å²) in [6, 6.07) is 18.6. The quantitative estimate of drug-likeness (QED) is 0.375. The molecule has 0 saturated heterocycles. The lowest BCUT2D eigenvalue weighted by Gasteiger charge is -2.24. The fourth-order valence-corrected chi connectivity index (χ4v) is 5.87. The topological polar surface area (TPSA) is 65.6 Å². The van der Waals surface area contributed by atoms with Gasteiger partial charge in [0.2, 0.25) is 0 Å². The van der Waals surface area contributed by atoms with E-state index in [1.54, 1.807) is 11.5 Å². The number of methoxy groups -OCH3 is 1. The average molecular weight is 518 g/mol. The number of hydrogen-bond acceptors (Lipinski definition) is 5. The Morgan fingerprint density at radius 2 is 1.78 bits per heavy atom. The van der Waals surface area contributed by atoms with Gasteiger partial charge in [0, 0.05) is 22.1 Å². The van der Waals surface area contributed by atoms with Crippen LogP contribution in [0.2, 0.25) is 5.02 Å². The van der Waals surface area contributed by atoms with Gasteiger partial charge in [-0.05, 0) is 68.3 Å². The summed E-state index contributed by atoms with van der Waals surface area (Å²) in [7, 11) is 1.34. The molecule has 182 valence electrons. The molecule has 5 rings (SSSR count). The van der Waals surface area contributed by atoms with E-state index in [9.17, 15) is 9.59 Å². The van der Waals surface area contributed by atoms with Gasteiger partial charge in [-0.2, -0.15) is 0 Å². The summed E-state index contributed by atoms with van der Waals surface area (Å²) in [4.78, 5) is 31.7. The highest BCUT2D eigenvalue weighted by Gasteiger charge is 2.32. The molecule has 0 saturated carbocycles. The van der Waals surface area contributed by atoms with Gasteiger partial charge in [0.05, 0.1) is 29.0 Å². The minimum absolute atomic E-state index is 0.196. The largest absolute Gasteiger partial charge is 0.466 e. The Morgan fingerprint density at radius 3 is 2.44 bits per heavy atom. The summed E-state index contributed by atoms with van der Waals surface area (Å²) < 4.78 is 9.34. The molecule has 36 heavy (non-hydrogen) atoms. The molecule has 0 fully saturated rings. The number of benzene rings is 2. The first-order valence-electron chi connectivity index (χ1n) is 11.4. The van der Waals surface area contributed by atoms with Gasteiger partial charge in [-0.15, -0.1) is 0 Å². The van der Waals surface area contributed by atoms with Gasteiger partial charge in [-0.25, -0.2) is 9.79 Å². The van der Waals surface area contributed by atoms with E-state index < -0.39 is 12.0 Å². The molecule has 1 unspecified atom stereocenters. The molecular formula is C28H24ClN3O3S. The van der Waals surface area contributed by atoms with Gasteiger partial charge < -0.3 is 9.30 Å². The van der Waals surface area contributed by atoms with Crippen LogP contribution >= 0.6 is 22.9 Å². The van der Waals surface area contributed by atoms with Gasteiger partial charge in [-0.3, -0.25) is 9.36 Å². The van der Waals surface area contributed by atoms with Crippen LogP contribution in [0.15, 0.2) is 81.7 Å². The second-order valence-corrected chi connectivity index (χ2v) is 10.1. The highest BCUT2D eigenvalue weighted by atomic mass is 35.5. The Labute approximate surface area is 217 Å². The molecule has 2 aromatic carbocycles. The van der Waals surface area contributed by atoms with Gasteiger partial charge in [-0.1, -0.05) is 53.3 Å². The van der Waals surface area contributed by atoms with Crippen LogP contribution in [-0.4, -0.2) is 22.2 Å². The van der Waals surface area contributed by atoms with E-state index in [2.05, 4.69) is 15.6 Å². The summed E-state index contributed by atoms with van der Waals surface area (Å²) in [5.74, 6) is -0.495. The molecule has 0 amide bonds. The summed E-state index contributed by atoms with van der Waals surface area (Å²) >= 11 is 7.39. The first-order chi connectivity index (χ1) is 17.3. The molecule has 0 spiro atoms. The van der Waals surface area contributed by atoms with Crippen molar-refractivity contribution < 1.29 is 9.53 Å². The highest BCUT2D eigenvalue weighted by Crippen LogP contribution is 2.30. The van der Waals surface area contributed by atoms with Crippen LogP contribution in [0.25, 0.3) is 11.8 Å². The number of carbonyl (C=O) groups excluding carboxylic acids is 1. The molecule has 8 heteroatoms. The Morgan fingerprint density at radius 1 is 1.08 bits per heavy atom. The van der Waals surface area contributed by atoms with E-state index in [4.69, 9.17) is 16.3 Å². The Bertz CT molecular complexity index is 1690. The third-order valence-corrected chi connectivity index (χ3v) is 7.62. The molecule has 4 aromatic rings. The lowest BCUT2D eigenvalue weighted by Crippen LogP contribution is -2.39. The van der Waals surface area contributed by atoms with Crippen molar-refractivity contribution in [3.63, 3.8) is 0 Å². The van der Waals surface area contributed by atoms with Crippen LogP contribution in [0.3, 0.4) is 0 Å². The molecule has 0 bridgehead atoms. The number of aromatic nitrogens is 2. The molecule has 0 radical (unpaired) electrons. The van der Waals surface area contributed by atoms with E-state index in [0.29, 0.717) is 25.6 Å². The van der Waals surface area contributed by atoms with Crippen molar-refractivity contribution in [3.8, 4) is 5.69 Å². The normalized spacial score (nSPS) is 15.6. The van der Waals surface area contributed by atoms with Crippen LogP contribution in [0, 0.1) is 13.8 Å². The average Bonchev–Trinajstić information content (AvgIpc) is 3.33. The van der Waals surface area contributed by atoms with Crippen LogP contribution in [0.4, 0.5) is 0 Å². The second kappa shape index (κ2) is 9.41. The molecule has 1 aliphatic heterocycles. The van der Waals surface area contributed by atoms with Crippen LogP contribution in [0.1, 0.15) is 35.5 Å². The van der Waals surface area contributed by atoms with E-state index in [1.807, 2.05) is 74.5 Å². The van der Waals surface area contributed by atoms with Gasteiger partial charge in [0.15, 0.2) is 4.80 Å². The van der Waals surface area contributed by atoms with Gasteiger partial charge >= 0.3 is 5.97 Å². The second-order valence-electron chi connectivity index (χ2n) is 8.62. The standard InChI is InChI=1S/C28H24ClN3O3S/c1-16-14-20(18(3)31(16)22-12-10-21(29)11-13-22)15-23-26(33)32-25(19-8-6-5-7-9-19)24(27(34)35-4)17(2)30-28(32)36-23/h5-15,25H,1-4H3. The maximum absolute atomic E-state index is 13.8. The van der Waals surface area contributed by atoms with Crippen molar-refractivity contribution in [3.05, 3.63) is 119 Å². The van der Waals surface area contributed by atoms with Crippen LogP contribution < -0.4 is 14.9 Å². The molecule has 0 N–H and O–H groups in total. The van der Waals surface area contributed by atoms with Gasteiger partial charge in [0.25, 0.3) is 5.56 Å². The van der Waals surface area contributed by atoms with Crippen molar-refractivity contribution in [2.24, 2.45) is 4.99 Å². The van der Waals surface area contributed by atoms with E-state index in [-0.39, 0.29) is 5.56 Å². The number of thiazole rings is 1. The zero-order valence-electron chi connectivity index (χ0n) is 20.3. The van der Waals surface area contributed by atoms with E-state index in [1.165, 1.54) is 18.4 Å². The number of nitrogens with zero attached hydrogens (tertiary/aromatic N) is 3. The number of rotatable bonds is 4. The maximum Gasteiger partial charge on any atom is 0.338 e. The molecule has 3 heterocycles. The number of hydrogen-bond donors (Lipinski definition) is 0. The predicted molar refractivity (Wildman–Crippen MR) is 142 cm³/mol. The number of halogens is 1. The summed E-state index contributed by atoms with van der Waals surface area (Å²) in [6.07, 6.45) is 1.90. The first kappa shape index (κ1) is 24.0. The van der Waals surface area contributed by atoms with Crippen molar-refractivity contribution in [1.29, 1.82) is 0 Å². The maximum atomic E-state index is 13.8. The number of esters is 1. The molecule has 0 aliphatic carbocycles. The zero-order chi connectivity index (χ0) is 25.6. The number of carbonyl (C=O) groups is 1. The van der Waals surface area contributed by atoms with Crippen molar-refractivity contribution in [2.75, 3.05) is 7.11 Å². The van der Waals surface area contributed by atoms with Crippen LogP contribution in [0.5, 0.6) is 0 Å². The summed E-state index contributed by atoms with van der Waals surface area (Å²) in [5.41, 5.74) is 5.52. The SMILES string of the molecule is COC(=O)C1=C(C)N=c2sc(=Cc3cc(C)n(-c4ccc(Cl)cc4)c3C)c(=O)n2C1c1ccccc1. The smallest absolute Gasteiger partial charge is 0.338 e. The zero-order valence-corrected chi connectivity index (χ0v) is 21.9. The third kappa shape index (κ3) is 4.04. The van der Waals surface area contributed by atoms with Crippen molar-refractivity contribution in [2.45, 2.75) is 26.8 Å². The van der Waals surface area contributed by atoms with Gasteiger partial charge in [0.1, 0.15) is 0 Å². The Balaban J connectivity index is 1.69. The molecule has 1 atom stereocenters. The molecule has 2 aromatic heterocycles. The van der Waals surface area contributed by atoms with Crippen LogP contribution in [-0.2, 0) is 9.53 Å². The number of ether oxygens (including phenoxy) is 1. The monoisotopic (exact) mass is 517 g/mol. The number of aryl methyl sites for hydroxylation is 1. The van der Waals surface area contributed by atoms with E-state index >= 15 is 0 Å². The minimum Gasteiger partial charge on any atom is -0.466 e. The fraction of sp³-hybridized carbons (Fsp3) is 0.179. The molecular weight excluding hydrogens is 494 g/mol. The van der Waals surface area contributed by atoms with Crippen molar-refractivity contribution >= 4 is 35.0 Å². The lowest BCUT2D eigenvalue weighted by atomic mass is 9.96. The minimum atomic E-state index is -0.612. The predicted octanol–water partition coefficient (Wildman–Crippen LogP) is 4.47. The Hall–Kier alpha value is -3.68. The highest BCUT2D eigenvalue weighted by molar-refractivity contribution is 7.07.